The molecule has 6 nitrogen and oxygen atoms in total. The Morgan fingerprint density at radius 3 is 2.38 bits per heavy atom. The van der Waals surface area contributed by atoms with E-state index in [2.05, 4.69) is 15.9 Å². The summed E-state index contributed by atoms with van der Waals surface area (Å²) in [6.45, 7) is 4.72. The van der Waals surface area contributed by atoms with Gasteiger partial charge < -0.3 is 9.47 Å². The van der Waals surface area contributed by atoms with Gasteiger partial charge >= 0.3 is 5.97 Å². The van der Waals surface area contributed by atoms with Crippen molar-refractivity contribution in [2.45, 2.75) is 20.3 Å². The Hall–Kier alpha value is -2.67. The van der Waals surface area contributed by atoms with E-state index < -0.39 is 5.97 Å². The van der Waals surface area contributed by atoms with Gasteiger partial charge in [0.25, 0.3) is 11.8 Å². The van der Waals surface area contributed by atoms with E-state index in [9.17, 15) is 14.4 Å². The van der Waals surface area contributed by atoms with Crippen molar-refractivity contribution in [1.82, 2.24) is 4.90 Å². The third-order valence-electron chi connectivity index (χ3n) is 4.54. The number of hydrogen-bond acceptors (Lipinski definition) is 5. The summed E-state index contributed by atoms with van der Waals surface area (Å²) in [7, 11) is 0. The number of benzene rings is 2. The van der Waals surface area contributed by atoms with E-state index in [0.717, 1.165) is 10.9 Å². The van der Waals surface area contributed by atoms with Crippen LogP contribution >= 0.6 is 15.9 Å². The molecule has 0 aliphatic carbocycles. The molecule has 0 fully saturated rings. The maximum absolute atomic E-state index is 12.6. The minimum absolute atomic E-state index is 0.0688. The Labute approximate surface area is 177 Å². The first-order chi connectivity index (χ1) is 13.9. The first-order valence-electron chi connectivity index (χ1n) is 9.42. The molecule has 1 heterocycles. The standard InChI is InChI=1S/C22H22BrNO5/c1-14(2)9-10-24-20(25)18-8-3-15(13-19(18)21(24)26)22(27)29-12-11-28-17-6-4-16(23)5-7-17/h3-8,13-14H,9-12H2,1-2H3. The van der Waals surface area contributed by atoms with E-state index in [1.54, 1.807) is 12.1 Å². The van der Waals surface area contributed by atoms with Gasteiger partial charge in [0.15, 0.2) is 0 Å². The fourth-order valence-corrected chi connectivity index (χ4v) is 3.18. The Bertz CT molecular complexity index is 923. The van der Waals surface area contributed by atoms with Crippen molar-refractivity contribution in [2.75, 3.05) is 19.8 Å². The third kappa shape index (κ3) is 5.03. The number of hydrogen-bond donors (Lipinski definition) is 0. The summed E-state index contributed by atoms with van der Waals surface area (Å²) < 4.78 is 11.7. The van der Waals surface area contributed by atoms with E-state index >= 15 is 0 Å². The van der Waals surface area contributed by atoms with Crippen molar-refractivity contribution < 1.29 is 23.9 Å². The Morgan fingerprint density at radius 2 is 1.69 bits per heavy atom. The van der Waals surface area contributed by atoms with Crippen molar-refractivity contribution in [3.8, 4) is 5.75 Å². The largest absolute Gasteiger partial charge is 0.490 e. The van der Waals surface area contributed by atoms with Crippen LogP contribution in [0.1, 0.15) is 51.3 Å². The predicted molar refractivity (Wildman–Crippen MR) is 111 cm³/mol. The Balaban J connectivity index is 1.57. The summed E-state index contributed by atoms with van der Waals surface area (Å²) in [4.78, 5) is 38.5. The Kier molecular flexibility index (Phi) is 6.69. The molecule has 0 atom stereocenters. The summed E-state index contributed by atoms with van der Waals surface area (Å²) in [5.41, 5.74) is 0.812. The highest BCUT2D eigenvalue weighted by atomic mass is 79.9. The molecular formula is C22H22BrNO5. The van der Waals surface area contributed by atoms with Gasteiger partial charge in [-0.2, -0.15) is 0 Å². The molecule has 2 aromatic rings. The first kappa shape index (κ1) is 21.0. The van der Waals surface area contributed by atoms with Crippen LogP contribution in [0.25, 0.3) is 0 Å². The van der Waals surface area contributed by atoms with Crippen LogP contribution < -0.4 is 4.74 Å². The lowest BCUT2D eigenvalue weighted by molar-refractivity contribution is 0.0450. The number of fused-ring (bicyclic) bond motifs is 1. The van der Waals surface area contributed by atoms with E-state index in [4.69, 9.17) is 9.47 Å². The van der Waals surface area contributed by atoms with Gasteiger partial charge in [0.1, 0.15) is 19.0 Å². The molecule has 0 saturated carbocycles. The number of imide groups is 1. The zero-order chi connectivity index (χ0) is 21.0. The SMILES string of the molecule is CC(C)CCN1C(=O)c2ccc(C(=O)OCCOc3ccc(Br)cc3)cc2C1=O. The highest BCUT2D eigenvalue weighted by Crippen LogP contribution is 2.25. The molecule has 1 aliphatic heterocycles. The lowest BCUT2D eigenvalue weighted by atomic mass is 10.1. The van der Waals surface area contributed by atoms with Crippen LogP contribution in [0.3, 0.4) is 0 Å². The summed E-state index contributed by atoms with van der Waals surface area (Å²) >= 11 is 3.35. The number of nitrogens with zero attached hydrogens (tertiary/aromatic N) is 1. The van der Waals surface area contributed by atoms with Crippen LogP contribution in [0, 0.1) is 5.92 Å². The monoisotopic (exact) mass is 459 g/mol. The maximum atomic E-state index is 12.6. The van der Waals surface area contributed by atoms with Crippen molar-refractivity contribution in [3.63, 3.8) is 0 Å². The lowest BCUT2D eigenvalue weighted by Crippen LogP contribution is -2.31. The molecule has 2 aromatic carbocycles. The average molecular weight is 460 g/mol. The molecule has 0 spiro atoms. The second kappa shape index (κ2) is 9.22. The number of carbonyl (C=O) groups excluding carboxylic acids is 3. The highest BCUT2D eigenvalue weighted by molar-refractivity contribution is 9.10. The van der Waals surface area contributed by atoms with E-state index in [1.165, 1.54) is 23.1 Å². The van der Waals surface area contributed by atoms with Gasteiger partial charge in [-0.1, -0.05) is 29.8 Å². The molecule has 0 N–H and O–H groups in total. The van der Waals surface area contributed by atoms with Gasteiger partial charge in [-0.05, 0) is 54.8 Å². The summed E-state index contributed by atoms with van der Waals surface area (Å²) in [6, 6.07) is 11.8. The molecule has 152 valence electrons. The fraction of sp³-hybridized carbons (Fsp3) is 0.318. The van der Waals surface area contributed by atoms with Crippen molar-refractivity contribution in [3.05, 3.63) is 63.6 Å². The van der Waals surface area contributed by atoms with Crippen LogP contribution in [-0.4, -0.2) is 42.4 Å². The van der Waals surface area contributed by atoms with Gasteiger partial charge in [-0.15, -0.1) is 0 Å². The smallest absolute Gasteiger partial charge is 0.338 e. The van der Waals surface area contributed by atoms with Crippen molar-refractivity contribution in [1.29, 1.82) is 0 Å². The molecular weight excluding hydrogens is 438 g/mol. The number of ether oxygens (including phenoxy) is 2. The molecule has 0 aromatic heterocycles. The van der Waals surface area contributed by atoms with Gasteiger partial charge in [0.2, 0.25) is 0 Å². The number of halogens is 1. The third-order valence-corrected chi connectivity index (χ3v) is 5.06. The van der Waals surface area contributed by atoms with Crippen LogP contribution in [-0.2, 0) is 4.74 Å². The molecule has 0 unspecified atom stereocenters. The second-order valence-corrected chi connectivity index (χ2v) is 8.06. The van der Waals surface area contributed by atoms with Gasteiger partial charge in [-0.3, -0.25) is 14.5 Å². The van der Waals surface area contributed by atoms with Gasteiger partial charge in [0.05, 0.1) is 16.7 Å². The van der Waals surface area contributed by atoms with Crippen LogP contribution in [0.15, 0.2) is 46.9 Å². The number of esters is 1. The molecule has 0 bridgehead atoms. The molecule has 29 heavy (non-hydrogen) atoms. The maximum Gasteiger partial charge on any atom is 0.338 e. The van der Waals surface area contributed by atoms with Crippen LogP contribution in [0.2, 0.25) is 0 Å². The molecule has 1 aliphatic rings. The normalized spacial score (nSPS) is 13.0. The average Bonchev–Trinajstić information content (AvgIpc) is 2.94. The molecule has 7 heteroatoms. The van der Waals surface area contributed by atoms with Gasteiger partial charge in [-0.25, -0.2) is 4.79 Å². The Morgan fingerprint density at radius 1 is 1.00 bits per heavy atom. The minimum Gasteiger partial charge on any atom is -0.490 e. The molecule has 0 saturated heterocycles. The van der Waals surface area contributed by atoms with Crippen molar-refractivity contribution >= 4 is 33.7 Å². The van der Waals surface area contributed by atoms with E-state index in [1.807, 2.05) is 26.0 Å². The van der Waals surface area contributed by atoms with Crippen LogP contribution in [0.5, 0.6) is 5.75 Å². The molecule has 3 rings (SSSR count). The predicted octanol–water partition coefficient (Wildman–Crippen LogP) is 4.33. The summed E-state index contributed by atoms with van der Waals surface area (Å²) in [6.07, 6.45) is 0.735. The lowest BCUT2D eigenvalue weighted by Gasteiger charge is -2.14. The minimum atomic E-state index is -0.562. The number of carbonyl (C=O) groups is 3. The number of rotatable bonds is 8. The van der Waals surface area contributed by atoms with E-state index in [-0.39, 0.29) is 36.2 Å². The van der Waals surface area contributed by atoms with Crippen LogP contribution in [0.4, 0.5) is 0 Å². The molecule has 2 amide bonds. The zero-order valence-corrected chi connectivity index (χ0v) is 17.9. The summed E-state index contributed by atoms with van der Waals surface area (Å²) in [5.74, 6) is -0.183. The van der Waals surface area contributed by atoms with E-state index in [0.29, 0.717) is 23.8 Å². The van der Waals surface area contributed by atoms with Gasteiger partial charge in [0, 0.05) is 11.0 Å². The first-order valence-corrected chi connectivity index (χ1v) is 10.2. The van der Waals surface area contributed by atoms with Crippen molar-refractivity contribution in [2.24, 2.45) is 5.92 Å². The zero-order valence-electron chi connectivity index (χ0n) is 16.3. The molecule has 0 radical (unpaired) electrons. The second-order valence-electron chi connectivity index (χ2n) is 7.14. The quantitative estimate of drug-likeness (QED) is 0.333. The fourth-order valence-electron chi connectivity index (χ4n) is 2.92. The number of amides is 2. The summed E-state index contributed by atoms with van der Waals surface area (Å²) in [5, 5.41) is 0. The highest BCUT2D eigenvalue weighted by Gasteiger charge is 2.35. The topological polar surface area (TPSA) is 72.9 Å².